The first-order valence-electron chi connectivity index (χ1n) is 8.23. The Labute approximate surface area is 148 Å². The highest BCUT2D eigenvalue weighted by molar-refractivity contribution is 6.02. The molecule has 0 saturated carbocycles. The van der Waals surface area contributed by atoms with Crippen molar-refractivity contribution in [3.63, 3.8) is 0 Å². The van der Waals surface area contributed by atoms with E-state index in [0.717, 1.165) is 0 Å². The number of aryl methyl sites for hydroxylation is 1. The maximum atomic E-state index is 2.35. The van der Waals surface area contributed by atoms with Gasteiger partial charge < -0.3 is 0 Å². The quantitative estimate of drug-likeness (QED) is 0.397. The molecule has 0 saturated heterocycles. The third-order valence-corrected chi connectivity index (χ3v) is 4.72. The molecule has 3 aromatic rings. The van der Waals surface area contributed by atoms with Crippen molar-refractivity contribution in [1.29, 1.82) is 0 Å². The van der Waals surface area contributed by atoms with Gasteiger partial charge in [0, 0.05) is 5.41 Å². The lowest BCUT2D eigenvalue weighted by molar-refractivity contribution is 0.660. The van der Waals surface area contributed by atoms with Gasteiger partial charge in [0.1, 0.15) is 0 Å². The van der Waals surface area contributed by atoms with Crippen LogP contribution in [0.1, 0.15) is 59.2 Å². The molecule has 0 unspecified atom stereocenters. The molecule has 0 N–H and O–H groups in total. The maximum absolute atomic E-state index is 2.35. The van der Waals surface area contributed by atoms with Crippen molar-refractivity contribution in [1.82, 2.24) is 0 Å². The summed E-state index contributed by atoms with van der Waals surface area (Å²) in [7, 11) is 0. The summed E-state index contributed by atoms with van der Waals surface area (Å²) in [5.74, 6) is 0. The Morgan fingerprint density at radius 2 is 1.42 bits per heavy atom. The summed E-state index contributed by atoms with van der Waals surface area (Å²) in [6, 6.07) is 20.2. The lowest BCUT2D eigenvalue weighted by Crippen LogP contribution is -2.15. The van der Waals surface area contributed by atoms with Gasteiger partial charge in [0.15, 0.2) is 0 Å². The van der Waals surface area contributed by atoms with Crippen LogP contribution in [0.15, 0.2) is 54.6 Å². The van der Waals surface area contributed by atoms with Crippen molar-refractivity contribution in [3.8, 4) is 11.1 Å². The van der Waals surface area contributed by atoms with Gasteiger partial charge in [-0.15, -0.1) is 0 Å². The molecule has 0 amide bonds. The Balaban J connectivity index is 0.000000695. The monoisotopic (exact) mass is 320 g/mol. The summed E-state index contributed by atoms with van der Waals surface area (Å²) in [6.45, 7) is 10.9. The number of fused-ring (bicyclic) bond motifs is 5. The van der Waals surface area contributed by atoms with E-state index < -0.39 is 0 Å². The van der Waals surface area contributed by atoms with E-state index >= 15 is 0 Å². The van der Waals surface area contributed by atoms with E-state index in [-0.39, 0.29) is 20.3 Å². The first-order valence-corrected chi connectivity index (χ1v) is 8.23. The molecule has 3 aromatic carbocycles. The van der Waals surface area contributed by atoms with E-state index in [2.05, 4.69) is 75.4 Å². The molecule has 0 nitrogen and oxygen atoms in total. The van der Waals surface area contributed by atoms with Gasteiger partial charge in [-0.25, -0.2) is 0 Å². The second-order valence-corrected chi connectivity index (χ2v) is 6.38. The molecule has 0 fully saturated rings. The summed E-state index contributed by atoms with van der Waals surface area (Å²) in [5.41, 5.74) is 7.20. The summed E-state index contributed by atoms with van der Waals surface area (Å²) in [5, 5.41) is 2.70. The van der Waals surface area contributed by atoms with Crippen molar-refractivity contribution in [2.75, 3.05) is 0 Å². The number of hydrogen-bond acceptors (Lipinski definition) is 0. The fourth-order valence-corrected chi connectivity index (χ4v) is 3.62. The minimum Gasteiger partial charge on any atom is -0.0776 e. The summed E-state index contributed by atoms with van der Waals surface area (Å²) in [4.78, 5) is 0. The Kier molecular flexibility index (Phi) is 6.00. The first kappa shape index (κ1) is 20.0. The molecule has 24 heavy (non-hydrogen) atoms. The van der Waals surface area contributed by atoms with E-state index in [0.29, 0.717) is 0 Å². The van der Waals surface area contributed by atoms with E-state index in [1.807, 2.05) is 13.8 Å². The fourth-order valence-electron chi connectivity index (χ4n) is 3.62. The highest BCUT2D eigenvalue weighted by Gasteiger charge is 2.36. The summed E-state index contributed by atoms with van der Waals surface area (Å²) < 4.78 is 0. The molecular weight excluding hydrogens is 288 g/mol. The van der Waals surface area contributed by atoms with Gasteiger partial charge >= 0.3 is 0 Å². The van der Waals surface area contributed by atoms with Crippen LogP contribution in [0.2, 0.25) is 0 Å². The maximum Gasteiger partial charge on any atom is 0.0159 e. The largest absolute Gasteiger partial charge is 0.0776 e. The number of benzene rings is 3. The van der Waals surface area contributed by atoms with Crippen LogP contribution in [-0.2, 0) is 5.41 Å². The SMILES string of the molecule is C.C.CC.Cc1ccc2c(c1)C(C)(C)c1ccc3ccccc3c1-2. The van der Waals surface area contributed by atoms with Crippen LogP contribution >= 0.6 is 0 Å². The van der Waals surface area contributed by atoms with Crippen LogP contribution in [0.25, 0.3) is 21.9 Å². The van der Waals surface area contributed by atoms with Crippen molar-refractivity contribution >= 4 is 10.8 Å². The van der Waals surface area contributed by atoms with Crippen LogP contribution in [0.3, 0.4) is 0 Å². The average molecular weight is 321 g/mol. The third kappa shape index (κ3) is 2.75. The van der Waals surface area contributed by atoms with Crippen molar-refractivity contribution in [2.24, 2.45) is 0 Å². The molecule has 0 aromatic heterocycles. The summed E-state index contributed by atoms with van der Waals surface area (Å²) in [6.07, 6.45) is 0. The average Bonchev–Trinajstić information content (AvgIpc) is 2.77. The highest BCUT2D eigenvalue weighted by atomic mass is 14.4. The van der Waals surface area contributed by atoms with Crippen molar-refractivity contribution < 1.29 is 0 Å². The zero-order chi connectivity index (χ0) is 15.9. The predicted octanol–water partition coefficient (Wildman–Crippen LogP) is 7.75. The second-order valence-electron chi connectivity index (χ2n) is 6.38. The lowest BCUT2D eigenvalue weighted by atomic mass is 9.81. The Hall–Kier alpha value is -2.08. The first-order chi connectivity index (χ1) is 10.6. The molecule has 0 atom stereocenters. The van der Waals surface area contributed by atoms with Crippen LogP contribution in [0.5, 0.6) is 0 Å². The highest BCUT2D eigenvalue weighted by Crippen LogP contribution is 2.51. The van der Waals surface area contributed by atoms with E-state index in [1.54, 1.807) is 0 Å². The molecule has 1 aliphatic rings. The van der Waals surface area contributed by atoms with Gasteiger partial charge in [0.05, 0.1) is 0 Å². The molecule has 1 aliphatic carbocycles. The van der Waals surface area contributed by atoms with Crippen molar-refractivity contribution in [3.05, 3.63) is 71.3 Å². The van der Waals surface area contributed by atoms with Gasteiger partial charge in [-0.3, -0.25) is 0 Å². The molecule has 0 heterocycles. The molecular formula is C24H32. The molecule has 0 aliphatic heterocycles. The Bertz CT molecular complexity index is 838. The minimum absolute atomic E-state index is 0. The third-order valence-electron chi connectivity index (χ3n) is 4.72. The normalized spacial score (nSPS) is 12.9. The standard InChI is InChI=1S/C20H18.C2H6.2CH4/c1-13-8-10-16-18(12-13)20(2,3)17-11-9-14-6-4-5-7-15(14)19(16)17;1-2;;/h4-12H,1-3H3;1-2H3;2*1H4. The second kappa shape index (κ2) is 7.21. The zero-order valence-electron chi connectivity index (χ0n) is 14.2. The number of hydrogen-bond donors (Lipinski definition) is 0. The van der Waals surface area contributed by atoms with E-state index in [1.165, 1.54) is 38.6 Å². The zero-order valence-corrected chi connectivity index (χ0v) is 14.2. The van der Waals surface area contributed by atoms with Gasteiger partial charge in [0.2, 0.25) is 0 Å². The fraction of sp³-hybridized carbons (Fsp3) is 0.333. The molecule has 0 spiro atoms. The predicted molar refractivity (Wildman–Crippen MR) is 111 cm³/mol. The molecule has 0 radical (unpaired) electrons. The Morgan fingerprint density at radius 3 is 2.12 bits per heavy atom. The molecule has 128 valence electrons. The van der Waals surface area contributed by atoms with Gasteiger partial charge in [-0.2, -0.15) is 0 Å². The topological polar surface area (TPSA) is 0 Å². The van der Waals surface area contributed by atoms with Gasteiger partial charge in [-0.05, 0) is 39.9 Å². The van der Waals surface area contributed by atoms with Crippen LogP contribution < -0.4 is 0 Å². The minimum atomic E-state index is 0. The van der Waals surface area contributed by atoms with Gasteiger partial charge in [0.25, 0.3) is 0 Å². The number of rotatable bonds is 0. The van der Waals surface area contributed by atoms with Crippen LogP contribution in [0.4, 0.5) is 0 Å². The van der Waals surface area contributed by atoms with E-state index in [4.69, 9.17) is 0 Å². The summed E-state index contributed by atoms with van der Waals surface area (Å²) >= 11 is 0. The molecule has 0 bridgehead atoms. The van der Waals surface area contributed by atoms with Crippen LogP contribution in [-0.4, -0.2) is 0 Å². The molecule has 0 heteroatoms. The van der Waals surface area contributed by atoms with Gasteiger partial charge in [-0.1, -0.05) is 103 Å². The van der Waals surface area contributed by atoms with E-state index in [9.17, 15) is 0 Å². The van der Waals surface area contributed by atoms with Crippen LogP contribution in [0, 0.1) is 6.92 Å². The lowest BCUT2D eigenvalue weighted by Gasteiger charge is -2.21. The molecule has 4 rings (SSSR count). The Morgan fingerprint density at radius 1 is 0.750 bits per heavy atom. The van der Waals surface area contributed by atoms with Crippen molar-refractivity contribution in [2.45, 2.75) is 54.9 Å². The smallest absolute Gasteiger partial charge is 0.0159 e.